The van der Waals surface area contributed by atoms with Crippen molar-refractivity contribution < 1.29 is 0 Å². The van der Waals surface area contributed by atoms with Gasteiger partial charge in [0.2, 0.25) is 0 Å². The van der Waals surface area contributed by atoms with Crippen LogP contribution in [0, 0.1) is 5.92 Å². The van der Waals surface area contributed by atoms with Crippen molar-refractivity contribution in [3.63, 3.8) is 0 Å². The zero-order chi connectivity index (χ0) is 12.4. The lowest BCUT2D eigenvalue weighted by atomic mass is 9.88. The molecule has 0 saturated heterocycles. The molecule has 1 aliphatic rings. The van der Waals surface area contributed by atoms with Gasteiger partial charge in [-0.1, -0.05) is 30.3 Å². The Morgan fingerprint density at radius 2 is 2.06 bits per heavy atom. The molecule has 0 saturated carbocycles. The van der Waals surface area contributed by atoms with E-state index in [0.29, 0.717) is 5.92 Å². The molecule has 1 aromatic heterocycles. The molecule has 18 heavy (non-hydrogen) atoms. The van der Waals surface area contributed by atoms with E-state index in [1.54, 1.807) is 0 Å². The van der Waals surface area contributed by atoms with Crippen LogP contribution in [0.2, 0.25) is 0 Å². The highest BCUT2D eigenvalue weighted by atomic mass is 32.1. The second-order valence-electron chi connectivity index (χ2n) is 5.16. The minimum absolute atomic E-state index is 0.200. The molecular formula is C16H19NS. The van der Waals surface area contributed by atoms with E-state index in [1.165, 1.54) is 35.3 Å². The van der Waals surface area contributed by atoms with E-state index in [4.69, 9.17) is 5.73 Å². The van der Waals surface area contributed by atoms with Gasteiger partial charge in [0.25, 0.3) is 0 Å². The van der Waals surface area contributed by atoms with E-state index in [9.17, 15) is 0 Å². The van der Waals surface area contributed by atoms with Gasteiger partial charge in [-0.25, -0.2) is 0 Å². The predicted octanol–water partition coefficient (Wildman–Crippen LogP) is 3.94. The fourth-order valence-electron chi connectivity index (χ4n) is 2.99. The number of hydrogen-bond donors (Lipinski definition) is 1. The molecule has 2 unspecified atom stereocenters. The molecule has 3 rings (SSSR count). The summed E-state index contributed by atoms with van der Waals surface area (Å²) in [5.41, 5.74) is 9.34. The largest absolute Gasteiger partial charge is 0.324 e. The molecule has 2 aromatic rings. The summed E-state index contributed by atoms with van der Waals surface area (Å²) in [4.78, 5) is 1.47. The first-order valence-electron chi connectivity index (χ1n) is 6.70. The average Bonchev–Trinajstić information content (AvgIpc) is 2.85. The first-order chi connectivity index (χ1) is 8.84. The Morgan fingerprint density at radius 3 is 2.89 bits per heavy atom. The van der Waals surface area contributed by atoms with Gasteiger partial charge in [0.15, 0.2) is 0 Å². The second kappa shape index (κ2) is 5.25. The van der Waals surface area contributed by atoms with E-state index in [2.05, 4.69) is 41.8 Å². The molecular weight excluding hydrogens is 238 g/mol. The van der Waals surface area contributed by atoms with Crippen molar-refractivity contribution in [1.29, 1.82) is 0 Å². The van der Waals surface area contributed by atoms with Crippen molar-refractivity contribution in [3.05, 3.63) is 57.8 Å². The summed E-state index contributed by atoms with van der Waals surface area (Å²) < 4.78 is 0. The molecule has 1 aliphatic carbocycles. The Balaban J connectivity index is 1.85. The van der Waals surface area contributed by atoms with Gasteiger partial charge in [-0.05, 0) is 54.2 Å². The van der Waals surface area contributed by atoms with Gasteiger partial charge in [-0.15, -0.1) is 11.3 Å². The summed E-state index contributed by atoms with van der Waals surface area (Å²) in [6, 6.07) is 13.3. The Morgan fingerprint density at radius 1 is 1.17 bits per heavy atom. The van der Waals surface area contributed by atoms with Crippen LogP contribution < -0.4 is 5.73 Å². The fraction of sp³-hybridized carbons (Fsp3) is 0.375. The number of aryl methyl sites for hydroxylation is 1. The van der Waals surface area contributed by atoms with Gasteiger partial charge in [0, 0.05) is 10.9 Å². The Kier molecular flexibility index (Phi) is 3.48. The van der Waals surface area contributed by atoms with E-state index < -0.39 is 0 Å². The quantitative estimate of drug-likeness (QED) is 0.810. The molecule has 0 radical (unpaired) electrons. The smallest absolute Gasteiger partial charge is 0.0329 e. The zero-order valence-electron chi connectivity index (χ0n) is 10.5. The molecule has 0 fully saturated rings. The summed E-state index contributed by atoms with van der Waals surface area (Å²) in [6.07, 6.45) is 4.83. The third-order valence-electron chi connectivity index (χ3n) is 3.99. The van der Waals surface area contributed by atoms with Crippen LogP contribution >= 0.6 is 11.3 Å². The molecule has 1 aromatic carbocycles. The molecule has 0 bridgehead atoms. The van der Waals surface area contributed by atoms with Gasteiger partial charge >= 0.3 is 0 Å². The summed E-state index contributed by atoms with van der Waals surface area (Å²) in [5.74, 6) is 0.590. The molecule has 0 amide bonds. The molecule has 94 valence electrons. The summed E-state index contributed by atoms with van der Waals surface area (Å²) >= 11 is 1.85. The number of thiophene rings is 1. The summed E-state index contributed by atoms with van der Waals surface area (Å²) in [6.45, 7) is 0. The van der Waals surface area contributed by atoms with Crippen molar-refractivity contribution in [3.8, 4) is 0 Å². The van der Waals surface area contributed by atoms with E-state index >= 15 is 0 Å². The third-order valence-corrected chi connectivity index (χ3v) is 4.89. The maximum Gasteiger partial charge on any atom is 0.0329 e. The molecule has 1 heterocycles. The number of fused-ring (bicyclic) bond motifs is 1. The monoisotopic (exact) mass is 257 g/mol. The molecule has 2 atom stereocenters. The first kappa shape index (κ1) is 11.9. The van der Waals surface area contributed by atoms with Gasteiger partial charge < -0.3 is 5.73 Å². The molecule has 2 heteroatoms. The highest BCUT2D eigenvalue weighted by Gasteiger charge is 2.24. The van der Waals surface area contributed by atoms with Gasteiger partial charge in [-0.3, -0.25) is 0 Å². The summed E-state index contributed by atoms with van der Waals surface area (Å²) in [5, 5.41) is 2.16. The number of rotatable bonds is 2. The van der Waals surface area contributed by atoms with Gasteiger partial charge in [-0.2, -0.15) is 0 Å². The van der Waals surface area contributed by atoms with Crippen LogP contribution in [0.15, 0.2) is 41.8 Å². The maximum atomic E-state index is 6.51. The lowest BCUT2D eigenvalue weighted by Gasteiger charge is -2.22. The minimum atomic E-state index is 0.200. The van der Waals surface area contributed by atoms with Crippen molar-refractivity contribution in [2.24, 2.45) is 11.7 Å². The van der Waals surface area contributed by atoms with E-state index in [-0.39, 0.29) is 6.04 Å². The number of hydrogen-bond acceptors (Lipinski definition) is 2. The van der Waals surface area contributed by atoms with Crippen molar-refractivity contribution >= 4 is 11.3 Å². The molecule has 0 spiro atoms. The zero-order valence-corrected chi connectivity index (χ0v) is 11.3. The molecule has 2 N–H and O–H groups in total. The summed E-state index contributed by atoms with van der Waals surface area (Å²) in [7, 11) is 0. The Hall–Kier alpha value is -1.12. The van der Waals surface area contributed by atoms with Crippen molar-refractivity contribution in [2.75, 3.05) is 0 Å². The molecule has 1 nitrogen and oxygen atoms in total. The predicted molar refractivity (Wildman–Crippen MR) is 77.8 cm³/mol. The highest BCUT2D eigenvalue weighted by Crippen LogP contribution is 2.34. The van der Waals surface area contributed by atoms with Crippen LogP contribution in [0.1, 0.15) is 34.9 Å². The van der Waals surface area contributed by atoms with Crippen LogP contribution in [0.25, 0.3) is 0 Å². The maximum absolute atomic E-state index is 6.51. The van der Waals surface area contributed by atoms with E-state index in [1.807, 2.05) is 11.3 Å². The Bertz CT molecular complexity index is 504. The highest BCUT2D eigenvalue weighted by molar-refractivity contribution is 7.09. The minimum Gasteiger partial charge on any atom is -0.324 e. The van der Waals surface area contributed by atoms with Crippen molar-refractivity contribution in [1.82, 2.24) is 0 Å². The van der Waals surface area contributed by atoms with Crippen LogP contribution in [0.4, 0.5) is 0 Å². The normalized spacial score (nSPS) is 23.4. The van der Waals surface area contributed by atoms with Gasteiger partial charge in [0.05, 0.1) is 0 Å². The third kappa shape index (κ3) is 2.36. The fourth-order valence-corrected chi connectivity index (χ4v) is 3.79. The lowest BCUT2D eigenvalue weighted by molar-refractivity contribution is 0.404. The SMILES string of the molecule is NC1c2ccccc2CCCC1Cc1cccs1. The second-order valence-corrected chi connectivity index (χ2v) is 6.19. The Labute approximate surface area is 113 Å². The first-order valence-corrected chi connectivity index (χ1v) is 7.58. The topological polar surface area (TPSA) is 26.0 Å². The lowest BCUT2D eigenvalue weighted by Crippen LogP contribution is -2.22. The van der Waals surface area contributed by atoms with Crippen LogP contribution in [0.5, 0.6) is 0 Å². The van der Waals surface area contributed by atoms with Gasteiger partial charge in [0.1, 0.15) is 0 Å². The van der Waals surface area contributed by atoms with E-state index in [0.717, 1.165) is 6.42 Å². The average molecular weight is 257 g/mol. The van der Waals surface area contributed by atoms with Crippen LogP contribution in [-0.4, -0.2) is 0 Å². The number of benzene rings is 1. The number of nitrogens with two attached hydrogens (primary N) is 1. The standard InChI is InChI=1S/C16H19NS/c17-16-13(11-14-8-4-10-18-14)7-3-6-12-5-1-2-9-15(12)16/h1-2,4-5,8-10,13,16H,3,6-7,11,17H2. The van der Waals surface area contributed by atoms with Crippen molar-refractivity contribution in [2.45, 2.75) is 31.7 Å². The van der Waals surface area contributed by atoms with Crippen LogP contribution in [0.3, 0.4) is 0 Å². The van der Waals surface area contributed by atoms with Crippen LogP contribution in [-0.2, 0) is 12.8 Å². The molecule has 0 aliphatic heterocycles.